The number of hydrogen-bond acceptors (Lipinski definition) is 0. The molecular formula is C42H33Cl2I. The number of rotatable bonds is 1. The van der Waals surface area contributed by atoms with Crippen molar-refractivity contribution < 1.29 is 0 Å². The van der Waals surface area contributed by atoms with Gasteiger partial charge in [-0.3, -0.25) is 0 Å². The third-order valence-corrected chi connectivity index (χ3v) is 8.73. The molecule has 0 N–H and O–H groups in total. The van der Waals surface area contributed by atoms with E-state index in [9.17, 15) is 0 Å². The summed E-state index contributed by atoms with van der Waals surface area (Å²) in [5.74, 6) is 0. The predicted molar refractivity (Wildman–Crippen MR) is 209 cm³/mol. The van der Waals surface area contributed by atoms with Crippen LogP contribution in [0, 0.1) is 10.5 Å². The fourth-order valence-electron chi connectivity index (χ4n) is 5.45. The van der Waals surface area contributed by atoms with E-state index < -0.39 is 0 Å². The highest BCUT2D eigenvalue weighted by molar-refractivity contribution is 14.1. The lowest BCUT2D eigenvalue weighted by atomic mass is 9.97. The number of aryl methyl sites for hydroxylation is 1. The largest absolute Gasteiger partial charge is 0.0843 e. The third-order valence-electron chi connectivity index (χ3n) is 7.59. The van der Waals surface area contributed by atoms with Gasteiger partial charge in [0.25, 0.3) is 0 Å². The van der Waals surface area contributed by atoms with Crippen LogP contribution in [0.3, 0.4) is 0 Å². The number of halogens is 3. The number of hydrogen-bond donors (Lipinski definition) is 0. The Balaban J connectivity index is 0.000000146. The van der Waals surface area contributed by atoms with Crippen LogP contribution < -0.4 is 0 Å². The highest BCUT2D eigenvalue weighted by atomic mass is 127. The molecule has 0 nitrogen and oxygen atoms in total. The fraction of sp³-hybridized carbons (Fsp3) is 0.0476. The second-order valence-electron chi connectivity index (χ2n) is 10.7. The summed E-state index contributed by atoms with van der Waals surface area (Å²) in [4.78, 5) is 0. The van der Waals surface area contributed by atoms with Gasteiger partial charge in [-0.15, -0.1) is 0 Å². The van der Waals surface area contributed by atoms with Crippen LogP contribution in [0.5, 0.6) is 0 Å². The first kappa shape index (κ1) is 32.5. The van der Waals surface area contributed by atoms with Crippen molar-refractivity contribution in [3.8, 4) is 11.1 Å². The van der Waals surface area contributed by atoms with Crippen LogP contribution in [0.4, 0.5) is 0 Å². The molecule has 3 heteroatoms. The zero-order valence-corrected chi connectivity index (χ0v) is 27.8. The van der Waals surface area contributed by atoms with Gasteiger partial charge in [0, 0.05) is 13.6 Å². The molecule has 0 aromatic heterocycles. The SMILES string of the molecule is C.Cc1ccc2c(ccc3ccccc32)c1.Clc1cccc(-c2ccc3c(ccc4ccccc43)c2)c1.Clc1cccc(I)c1. The van der Waals surface area contributed by atoms with Gasteiger partial charge in [-0.2, -0.15) is 0 Å². The molecule has 0 bridgehead atoms. The van der Waals surface area contributed by atoms with E-state index in [4.69, 9.17) is 23.2 Å². The van der Waals surface area contributed by atoms with E-state index >= 15 is 0 Å². The van der Waals surface area contributed by atoms with Crippen molar-refractivity contribution in [2.75, 3.05) is 0 Å². The monoisotopic (exact) mass is 734 g/mol. The average molecular weight is 736 g/mol. The zero-order chi connectivity index (χ0) is 30.5. The van der Waals surface area contributed by atoms with Crippen LogP contribution in [-0.2, 0) is 0 Å². The third kappa shape index (κ3) is 7.86. The van der Waals surface area contributed by atoms with Crippen LogP contribution >= 0.6 is 45.8 Å². The van der Waals surface area contributed by atoms with Crippen molar-refractivity contribution in [2.24, 2.45) is 0 Å². The average Bonchev–Trinajstić information content (AvgIpc) is 3.05. The molecule has 0 saturated heterocycles. The molecule has 0 unspecified atom stereocenters. The highest BCUT2D eigenvalue weighted by Crippen LogP contribution is 2.30. The van der Waals surface area contributed by atoms with Crippen molar-refractivity contribution in [3.63, 3.8) is 0 Å². The molecule has 45 heavy (non-hydrogen) atoms. The maximum absolute atomic E-state index is 6.09. The number of fused-ring (bicyclic) bond motifs is 6. The first-order valence-electron chi connectivity index (χ1n) is 14.4. The van der Waals surface area contributed by atoms with Gasteiger partial charge in [0.05, 0.1) is 0 Å². The smallest absolute Gasteiger partial charge is 0.0416 e. The van der Waals surface area contributed by atoms with E-state index in [1.54, 1.807) is 0 Å². The maximum atomic E-state index is 6.09. The Bertz CT molecular complexity index is 2220. The van der Waals surface area contributed by atoms with Gasteiger partial charge in [-0.25, -0.2) is 0 Å². The standard InChI is InChI=1S/C20H13Cl.C15H12.C6H4ClI.CH4/c21-18-6-3-5-15(13-18)16-10-11-20-17(12-16)9-8-14-4-1-2-7-19(14)20;1-11-6-9-15-13(10-11)8-7-12-4-2-3-5-14(12)15;7-5-2-1-3-6(8)4-5;/h1-13H;2-10H,1H3;1-4H;1H4. The van der Waals surface area contributed by atoms with Gasteiger partial charge in [0.15, 0.2) is 0 Å². The van der Waals surface area contributed by atoms with Crippen LogP contribution in [0.1, 0.15) is 13.0 Å². The Morgan fingerprint density at radius 3 is 1.47 bits per heavy atom. The molecule has 0 aliphatic heterocycles. The molecule has 222 valence electrons. The molecule has 0 aliphatic carbocycles. The van der Waals surface area contributed by atoms with Gasteiger partial charge in [-0.05, 0) is 120 Å². The van der Waals surface area contributed by atoms with Gasteiger partial charge in [0.2, 0.25) is 0 Å². The summed E-state index contributed by atoms with van der Waals surface area (Å²) in [6.45, 7) is 2.13. The van der Waals surface area contributed by atoms with E-state index in [2.05, 4.69) is 145 Å². The molecule has 0 spiro atoms. The Kier molecular flexibility index (Phi) is 10.8. The van der Waals surface area contributed by atoms with Crippen molar-refractivity contribution in [2.45, 2.75) is 14.4 Å². The minimum atomic E-state index is 0. The first-order valence-corrected chi connectivity index (χ1v) is 16.2. The molecule has 0 fully saturated rings. The van der Waals surface area contributed by atoms with E-state index in [1.165, 1.54) is 57.8 Å². The molecule has 0 radical (unpaired) electrons. The van der Waals surface area contributed by atoms with Gasteiger partial charge < -0.3 is 0 Å². The molecule has 0 aliphatic rings. The lowest BCUT2D eigenvalue weighted by Crippen LogP contribution is -1.81. The Morgan fingerprint density at radius 1 is 0.400 bits per heavy atom. The van der Waals surface area contributed by atoms with E-state index in [-0.39, 0.29) is 7.43 Å². The Morgan fingerprint density at radius 2 is 0.889 bits per heavy atom. The Labute approximate surface area is 289 Å². The quantitative estimate of drug-likeness (QED) is 0.116. The van der Waals surface area contributed by atoms with Crippen molar-refractivity contribution in [3.05, 3.63) is 177 Å². The molecule has 0 saturated carbocycles. The molecule has 0 atom stereocenters. The molecule has 0 amide bonds. The van der Waals surface area contributed by atoms with E-state index in [1.807, 2.05) is 42.5 Å². The van der Waals surface area contributed by atoms with Crippen molar-refractivity contribution in [1.82, 2.24) is 0 Å². The lowest BCUT2D eigenvalue weighted by Gasteiger charge is -2.07. The fourth-order valence-corrected chi connectivity index (χ4v) is 6.56. The van der Waals surface area contributed by atoms with E-state index in [0.29, 0.717) is 0 Å². The van der Waals surface area contributed by atoms with Crippen molar-refractivity contribution in [1.29, 1.82) is 0 Å². The summed E-state index contributed by atoms with van der Waals surface area (Å²) in [7, 11) is 0. The number of benzene rings is 8. The molecule has 8 aromatic carbocycles. The highest BCUT2D eigenvalue weighted by Gasteiger charge is 2.04. The van der Waals surface area contributed by atoms with Gasteiger partial charge in [-0.1, -0.05) is 158 Å². The summed E-state index contributed by atoms with van der Waals surface area (Å²) < 4.78 is 1.18. The van der Waals surface area contributed by atoms with E-state index in [0.717, 1.165) is 15.6 Å². The van der Waals surface area contributed by atoms with Crippen LogP contribution in [0.25, 0.3) is 54.2 Å². The first-order chi connectivity index (χ1) is 21.4. The van der Waals surface area contributed by atoms with Crippen LogP contribution in [0.2, 0.25) is 10.0 Å². The summed E-state index contributed by atoms with van der Waals surface area (Å²) >= 11 is 14.0. The molecular weight excluding hydrogens is 702 g/mol. The lowest BCUT2D eigenvalue weighted by molar-refractivity contribution is 1.51. The Hall–Kier alpha value is -3.89. The summed E-state index contributed by atoms with van der Waals surface area (Å²) in [6.07, 6.45) is 0. The second-order valence-corrected chi connectivity index (χ2v) is 12.8. The van der Waals surface area contributed by atoms with Gasteiger partial charge >= 0.3 is 0 Å². The second kappa shape index (κ2) is 14.9. The summed E-state index contributed by atoms with van der Waals surface area (Å²) in [5.41, 5.74) is 3.66. The van der Waals surface area contributed by atoms with Crippen LogP contribution in [-0.4, -0.2) is 0 Å². The minimum Gasteiger partial charge on any atom is -0.0843 e. The maximum Gasteiger partial charge on any atom is 0.0416 e. The zero-order valence-electron chi connectivity index (χ0n) is 24.1. The normalized spacial score (nSPS) is 10.5. The summed E-state index contributed by atoms with van der Waals surface area (Å²) in [5, 5.41) is 12.0. The predicted octanol–water partition coefficient (Wildman–Crippen LogP) is 14.2. The topological polar surface area (TPSA) is 0 Å². The van der Waals surface area contributed by atoms with Crippen LogP contribution in [0.15, 0.2) is 158 Å². The van der Waals surface area contributed by atoms with Gasteiger partial charge in [0.1, 0.15) is 0 Å². The molecule has 0 heterocycles. The molecule has 8 rings (SSSR count). The minimum absolute atomic E-state index is 0. The summed E-state index contributed by atoms with van der Waals surface area (Å²) in [6, 6.07) is 54.7. The van der Waals surface area contributed by atoms with Crippen molar-refractivity contribution >= 4 is 88.9 Å². The molecule has 8 aromatic rings.